The Morgan fingerprint density at radius 3 is 2.20 bits per heavy atom. The molecule has 5 heteroatoms. The van der Waals surface area contributed by atoms with Gasteiger partial charge in [-0.25, -0.2) is 0 Å². The van der Waals surface area contributed by atoms with Crippen LogP contribution in [-0.4, -0.2) is 18.0 Å². The molecular formula is C5H10NNaO3. The molecule has 1 amide bonds. The Morgan fingerprint density at radius 1 is 1.70 bits per heavy atom. The van der Waals surface area contributed by atoms with Crippen molar-refractivity contribution in [3.05, 3.63) is 0 Å². The summed E-state index contributed by atoms with van der Waals surface area (Å²) in [6, 6.07) is 0. The number of hydrogen-bond donors (Lipinski definition) is 1. The van der Waals surface area contributed by atoms with Crippen molar-refractivity contribution in [2.24, 2.45) is 5.73 Å². The number of carbonyl (C=O) groups excluding carboxylic acids is 2. The zero-order valence-corrected chi connectivity index (χ0v) is 8.38. The van der Waals surface area contributed by atoms with Crippen molar-refractivity contribution in [1.29, 1.82) is 0 Å². The van der Waals surface area contributed by atoms with Gasteiger partial charge in [0.15, 0.2) is 5.60 Å². The van der Waals surface area contributed by atoms with Crippen LogP contribution >= 0.6 is 0 Å². The van der Waals surface area contributed by atoms with Gasteiger partial charge in [-0.15, -0.1) is 0 Å². The average molecular weight is 155 g/mol. The second kappa shape index (κ2) is 4.71. The Labute approximate surface area is 82.9 Å². The summed E-state index contributed by atoms with van der Waals surface area (Å²) in [6.07, 6.45) is 0. The van der Waals surface area contributed by atoms with Crippen LogP contribution < -0.4 is 35.3 Å². The van der Waals surface area contributed by atoms with Gasteiger partial charge >= 0.3 is 29.6 Å². The molecule has 0 unspecified atom stereocenters. The molecule has 0 aliphatic heterocycles. The molecule has 54 valence electrons. The van der Waals surface area contributed by atoms with Crippen molar-refractivity contribution >= 4 is 12.4 Å². The molecule has 0 bridgehead atoms. The Morgan fingerprint density at radius 2 is 2.10 bits per heavy atom. The molecular weight excluding hydrogens is 145 g/mol. The van der Waals surface area contributed by atoms with Crippen molar-refractivity contribution in [3.8, 4) is 0 Å². The maximum absolute atomic E-state index is 10.3. The van der Waals surface area contributed by atoms with Gasteiger partial charge in [-0.05, 0) is 13.8 Å². The maximum Gasteiger partial charge on any atom is 1.00 e. The third-order valence-corrected chi connectivity index (χ3v) is 0.936. The van der Waals surface area contributed by atoms with Gasteiger partial charge in [0.05, 0.1) is 0 Å². The second-order valence-electron chi connectivity index (χ2n) is 2.09. The van der Waals surface area contributed by atoms with E-state index in [1.54, 1.807) is 0 Å². The fraction of sp³-hybridized carbons (Fsp3) is 0.600. The molecule has 0 aliphatic rings. The molecule has 0 aliphatic carbocycles. The van der Waals surface area contributed by atoms with Crippen molar-refractivity contribution in [2.45, 2.75) is 19.4 Å². The molecule has 0 aromatic heterocycles. The van der Waals surface area contributed by atoms with Crippen LogP contribution in [0.3, 0.4) is 0 Å². The first-order valence-corrected chi connectivity index (χ1v) is 2.42. The largest absolute Gasteiger partial charge is 1.00 e. The van der Waals surface area contributed by atoms with Gasteiger partial charge < -0.3 is 11.9 Å². The van der Waals surface area contributed by atoms with Gasteiger partial charge in [-0.2, -0.15) is 0 Å². The third kappa shape index (κ3) is 3.87. The molecule has 0 radical (unpaired) electrons. The molecule has 0 spiro atoms. The topological polar surface area (TPSA) is 69.4 Å². The van der Waals surface area contributed by atoms with E-state index >= 15 is 0 Å². The van der Waals surface area contributed by atoms with E-state index in [4.69, 9.17) is 5.73 Å². The van der Waals surface area contributed by atoms with Crippen molar-refractivity contribution in [1.82, 2.24) is 0 Å². The Bertz CT molecular complexity index is 140. The van der Waals surface area contributed by atoms with E-state index in [1.807, 2.05) is 0 Å². The van der Waals surface area contributed by atoms with Gasteiger partial charge in [0.25, 0.3) is 12.4 Å². The van der Waals surface area contributed by atoms with Gasteiger partial charge in [0.1, 0.15) is 0 Å². The molecule has 0 heterocycles. The molecule has 0 aromatic rings. The van der Waals surface area contributed by atoms with Crippen LogP contribution in [0.2, 0.25) is 0 Å². The minimum atomic E-state index is -1.18. The summed E-state index contributed by atoms with van der Waals surface area (Å²) in [5.41, 5.74) is 3.65. The number of amides is 1. The second-order valence-corrected chi connectivity index (χ2v) is 2.09. The zero-order valence-electron chi connectivity index (χ0n) is 7.38. The van der Waals surface area contributed by atoms with Gasteiger partial charge in [-0.3, -0.25) is 9.59 Å². The average Bonchev–Trinajstić information content (AvgIpc) is 1.65. The van der Waals surface area contributed by atoms with Crippen LogP contribution in [0.1, 0.15) is 15.3 Å². The number of nitrogens with two attached hydrogens (primary N) is 1. The molecule has 2 N–H and O–H groups in total. The molecule has 0 rings (SSSR count). The number of primary amides is 1. The van der Waals surface area contributed by atoms with Crippen LogP contribution in [0, 0.1) is 0 Å². The van der Waals surface area contributed by atoms with E-state index in [1.165, 1.54) is 13.8 Å². The fourth-order valence-electron chi connectivity index (χ4n) is 0.178. The van der Waals surface area contributed by atoms with Crippen LogP contribution in [0.15, 0.2) is 0 Å². The monoisotopic (exact) mass is 155 g/mol. The van der Waals surface area contributed by atoms with Gasteiger partial charge in [-0.1, -0.05) is 0 Å². The SMILES string of the molecule is CC(C)(OC=O)C(N)=O.[H-].[Na+]. The predicted molar refractivity (Wildman–Crippen MR) is 31.5 cm³/mol. The smallest absolute Gasteiger partial charge is 1.00 e. The van der Waals surface area contributed by atoms with Gasteiger partial charge in [0.2, 0.25) is 0 Å². The minimum Gasteiger partial charge on any atom is -1.00 e. The summed E-state index contributed by atoms with van der Waals surface area (Å²) >= 11 is 0. The number of carbonyl (C=O) groups is 2. The molecule has 0 aromatic carbocycles. The van der Waals surface area contributed by atoms with Crippen molar-refractivity contribution in [2.75, 3.05) is 0 Å². The quantitative estimate of drug-likeness (QED) is 0.340. The summed E-state index contributed by atoms with van der Waals surface area (Å²) in [7, 11) is 0. The van der Waals surface area contributed by atoms with Crippen LogP contribution in [0.5, 0.6) is 0 Å². The summed E-state index contributed by atoms with van der Waals surface area (Å²) in [6.45, 7) is 3.04. The van der Waals surface area contributed by atoms with Crippen molar-refractivity contribution < 1.29 is 45.3 Å². The summed E-state index contributed by atoms with van der Waals surface area (Å²) in [5, 5.41) is 0. The standard InChI is InChI=1S/C5H9NO3.Na.H/c1-5(2,4(6)8)9-3-7;;/h3H,1-2H3,(H2,6,8);;/q;+1;-1. The number of ether oxygens (including phenoxy) is 1. The first-order chi connectivity index (χ1) is 4.00. The van der Waals surface area contributed by atoms with E-state index in [9.17, 15) is 9.59 Å². The van der Waals surface area contributed by atoms with Crippen LogP contribution in [0.4, 0.5) is 0 Å². The fourth-order valence-corrected chi connectivity index (χ4v) is 0.178. The predicted octanol–water partition coefficient (Wildman–Crippen LogP) is -3.46. The first kappa shape index (κ1) is 12.6. The number of rotatable bonds is 3. The van der Waals surface area contributed by atoms with Crippen LogP contribution in [-0.2, 0) is 14.3 Å². The van der Waals surface area contributed by atoms with E-state index in [0.29, 0.717) is 0 Å². The summed E-state index contributed by atoms with van der Waals surface area (Å²) < 4.78 is 4.34. The molecule has 0 atom stereocenters. The molecule has 0 saturated heterocycles. The minimum absolute atomic E-state index is 0. The zero-order chi connectivity index (χ0) is 7.49. The third-order valence-electron chi connectivity index (χ3n) is 0.936. The van der Waals surface area contributed by atoms with Crippen molar-refractivity contribution in [3.63, 3.8) is 0 Å². The molecule has 0 fully saturated rings. The molecule has 4 nitrogen and oxygen atoms in total. The van der Waals surface area contributed by atoms with Gasteiger partial charge in [0, 0.05) is 0 Å². The number of hydrogen-bond acceptors (Lipinski definition) is 3. The molecule has 0 saturated carbocycles. The first-order valence-electron chi connectivity index (χ1n) is 2.42. The summed E-state index contributed by atoms with van der Waals surface area (Å²) in [4.78, 5) is 20.0. The maximum atomic E-state index is 10.3. The van der Waals surface area contributed by atoms with E-state index in [-0.39, 0.29) is 37.5 Å². The Balaban J connectivity index is -0.000000320. The Hall–Kier alpha value is -0.0600. The molecule has 10 heavy (non-hydrogen) atoms. The normalized spacial score (nSPS) is 9.40. The van der Waals surface area contributed by atoms with E-state index in [0.717, 1.165) is 0 Å². The summed E-state index contributed by atoms with van der Waals surface area (Å²) in [5.74, 6) is -0.658. The van der Waals surface area contributed by atoms with E-state index < -0.39 is 11.5 Å². The Kier molecular flexibility index (Phi) is 5.93. The van der Waals surface area contributed by atoms with Crippen LogP contribution in [0.25, 0.3) is 0 Å². The van der Waals surface area contributed by atoms with E-state index in [2.05, 4.69) is 4.74 Å².